The molecular weight excluding hydrogens is 598 g/mol. The van der Waals surface area contributed by atoms with Crippen LogP contribution >= 0.6 is 0 Å². The highest BCUT2D eigenvalue weighted by Crippen LogP contribution is 2.42. The predicted octanol–water partition coefficient (Wildman–Crippen LogP) is 1.95. The SMILES string of the molecule is COC(=O)[C@@H](N)CNC(=O)c1ccc(C(=O)N2C[C@@H](C(=O)N[C@H]3C[C@@H]3c3ccccc3)[C@H](C(=O)N[C@H]3C[C@@H]3c3ccccc3)C2)cc1. The average molecular weight is 638 g/mol. The molecule has 4 amide bonds. The van der Waals surface area contributed by atoms with Crippen molar-refractivity contribution in [1.82, 2.24) is 20.9 Å². The monoisotopic (exact) mass is 637 g/mol. The maximum atomic E-state index is 13.7. The van der Waals surface area contributed by atoms with Gasteiger partial charge in [0, 0.05) is 54.7 Å². The molecule has 1 saturated heterocycles. The highest BCUT2D eigenvalue weighted by Gasteiger charge is 2.48. The molecule has 11 heteroatoms. The fraction of sp³-hybridized carbons (Fsp3) is 0.361. The highest BCUT2D eigenvalue weighted by molar-refractivity contribution is 5.99. The summed E-state index contributed by atoms with van der Waals surface area (Å²) in [7, 11) is 1.21. The Balaban J connectivity index is 1.11. The van der Waals surface area contributed by atoms with Crippen molar-refractivity contribution in [2.75, 3.05) is 26.7 Å². The molecule has 0 bridgehead atoms. The van der Waals surface area contributed by atoms with Gasteiger partial charge in [-0.05, 0) is 48.2 Å². The molecule has 47 heavy (non-hydrogen) atoms. The molecule has 2 aliphatic carbocycles. The van der Waals surface area contributed by atoms with Gasteiger partial charge < -0.3 is 31.3 Å². The zero-order valence-corrected chi connectivity index (χ0v) is 26.1. The number of amides is 4. The summed E-state index contributed by atoms with van der Waals surface area (Å²) in [5.74, 6) is -2.82. The second kappa shape index (κ2) is 13.8. The molecule has 3 aliphatic rings. The second-order valence-corrected chi connectivity index (χ2v) is 12.6. The smallest absolute Gasteiger partial charge is 0.324 e. The zero-order valence-electron chi connectivity index (χ0n) is 26.1. The Labute approximate surface area is 273 Å². The van der Waals surface area contributed by atoms with Crippen LogP contribution in [0.15, 0.2) is 84.9 Å². The van der Waals surface area contributed by atoms with Gasteiger partial charge in [0.25, 0.3) is 11.8 Å². The third kappa shape index (κ3) is 7.36. The number of esters is 1. The van der Waals surface area contributed by atoms with Gasteiger partial charge in [-0.2, -0.15) is 0 Å². The normalized spacial score (nSPS) is 24.9. The van der Waals surface area contributed by atoms with Crippen molar-refractivity contribution >= 4 is 29.6 Å². The van der Waals surface area contributed by atoms with E-state index in [2.05, 4.69) is 20.7 Å². The molecule has 0 radical (unpaired) electrons. The Kier molecular flexibility index (Phi) is 9.35. The van der Waals surface area contributed by atoms with Gasteiger partial charge in [-0.1, -0.05) is 60.7 Å². The number of nitrogens with one attached hydrogen (secondary N) is 3. The van der Waals surface area contributed by atoms with E-state index in [9.17, 15) is 24.0 Å². The van der Waals surface area contributed by atoms with Crippen molar-refractivity contribution in [3.63, 3.8) is 0 Å². The maximum absolute atomic E-state index is 13.7. The maximum Gasteiger partial charge on any atom is 0.324 e. The number of carbonyl (C=O) groups excluding carboxylic acids is 5. The summed E-state index contributed by atoms with van der Waals surface area (Å²) in [5.41, 5.74) is 8.62. The average Bonchev–Trinajstić information content (AvgIpc) is 4.01. The summed E-state index contributed by atoms with van der Waals surface area (Å²) in [6.45, 7) is 0.102. The van der Waals surface area contributed by atoms with Crippen LogP contribution in [0.1, 0.15) is 56.5 Å². The quantitative estimate of drug-likeness (QED) is 0.234. The van der Waals surface area contributed by atoms with Gasteiger partial charge in [-0.3, -0.25) is 24.0 Å². The molecule has 6 rings (SSSR count). The van der Waals surface area contributed by atoms with E-state index < -0.39 is 29.8 Å². The van der Waals surface area contributed by atoms with Gasteiger partial charge in [-0.25, -0.2) is 0 Å². The lowest BCUT2D eigenvalue weighted by atomic mass is 9.94. The molecule has 1 heterocycles. The number of methoxy groups -OCH3 is 1. The number of nitrogens with zero attached hydrogens (tertiary/aromatic N) is 1. The van der Waals surface area contributed by atoms with Gasteiger partial charge >= 0.3 is 5.97 Å². The number of rotatable bonds is 11. The Morgan fingerprint density at radius 1 is 0.745 bits per heavy atom. The van der Waals surface area contributed by atoms with E-state index >= 15 is 0 Å². The molecule has 1 aliphatic heterocycles. The number of ether oxygens (including phenoxy) is 1. The first-order chi connectivity index (χ1) is 22.7. The second-order valence-electron chi connectivity index (χ2n) is 12.6. The van der Waals surface area contributed by atoms with Gasteiger partial charge in [0.2, 0.25) is 11.8 Å². The standard InChI is InChI=1S/C36H39N5O6/c1-47-36(46)29(37)18-38-32(42)23-12-14-24(15-13-23)35(45)41-19-27(33(43)39-30-16-25(30)21-8-4-2-5-9-21)28(20-41)34(44)40-31-17-26(31)22-10-6-3-7-11-22/h2-15,25-31H,16-20,37H2,1H3,(H,38,42)(H,39,43)(H,40,44)/t25-,26-,27-,28-,29+,30+,31+/m1/s1. The van der Waals surface area contributed by atoms with E-state index in [0.29, 0.717) is 5.56 Å². The fourth-order valence-electron chi connectivity index (χ4n) is 6.41. The predicted molar refractivity (Wildman–Crippen MR) is 173 cm³/mol. The van der Waals surface area contributed by atoms with Crippen LogP contribution < -0.4 is 21.7 Å². The highest BCUT2D eigenvalue weighted by atomic mass is 16.5. The molecular formula is C36H39N5O6. The third-order valence-electron chi connectivity index (χ3n) is 9.35. The third-order valence-corrected chi connectivity index (χ3v) is 9.35. The van der Waals surface area contributed by atoms with Crippen molar-refractivity contribution in [2.45, 2.75) is 42.8 Å². The Morgan fingerprint density at radius 3 is 1.68 bits per heavy atom. The van der Waals surface area contributed by atoms with Crippen molar-refractivity contribution in [2.24, 2.45) is 17.6 Å². The summed E-state index contributed by atoms with van der Waals surface area (Å²) < 4.78 is 4.57. The molecule has 0 spiro atoms. The summed E-state index contributed by atoms with van der Waals surface area (Å²) in [4.78, 5) is 66.5. The first-order valence-electron chi connectivity index (χ1n) is 15.9. The first kappa shape index (κ1) is 31.9. The molecule has 5 N–H and O–H groups in total. The Hall–Kier alpha value is -5.03. The van der Waals surface area contributed by atoms with Gasteiger partial charge in [0.05, 0.1) is 18.9 Å². The zero-order chi connectivity index (χ0) is 33.1. The van der Waals surface area contributed by atoms with Crippen molar-refractivity contribution < 1.29 is 28.7 Å². The molecule has 0 aromatic heterocycles. The van der Waals surface area contributed by atoms with E-state index in [-0.39, 0.29) is 66.8 Å². The fourth-order valence-corrected chi connectivity index (χ4v) is 6.41. The molecule has 0 unspecified atom stereocenters. The molecule has 7 atom stereocenters. The van der Waals surface area contributed by atoms with E-state index in [0.717, 1.165) is 12.8 Å². The number of benzene rings is 3. The van der Waals surface area contributed by atoms with Crippen LogP contribution in [0.3, 0.4) is 0 Å². The van der Waals surface area contributed by atoms with Crippen molar-refractivity contribution in [3.05, 3.63) is 107 Å². The summed E-state index contributed by atoms with van der Waals surface area (Å²) in [6.07, 6.45) is 1.66. The molecule has 244 valence electrons. The van der Waals surface area contributed by atoms with Crippen LogP contribution in [0.4, 0.5) is 0 Å². The van der Waals surface area contributed by atoms with Crippen molar-refractivity contribution in [1.29, 1.82) is 0 Å². The topological polar surface area (TPSA) is 160 Å². The Morgan fingerprint density at radius 2 is 1.21 bits per heavy atom. The lowest BCUT2D eigenvalue weighted by Gasteiger charge is -2.18. The van der Waals surface area contributed by atoms with Crippen molar-refractivity contribution in [3.8, 4) is 0 Å². The lowest BCUT2D eigenvalue weighted by molar-refractivity contribution is -0.142. The van der Waals surface area contributed by atoms with Crippen LogP contribution in [0, 0.1) is 11.8 Å². The van der Waals surface area contributed by atoms with E-state index in [1.807, 2.05) is 60.7 Å². The van der Waals surface area contributed by atoms with Crippen LogP contribution in [-0.4, -0.2) is 79.4 Å². The van der Waals surface area contributed by atoms with E-state index in [1.54, 1.807) is 4.90 Å². The molecule has 3 fully saturated rings. The van der Waals surface area contributed by atoms with E-state index in [4.69, 9.17) is 5.73 Å². The minimum atomic E-state index is -0.997. The number of likely N-dealkylation sites (tertiary alicyclic amines) is 1. The summed E-state index contributed by atoms with van der Waals surface area (Å²) >= 11 is 0. The van der Waals surface area contributed by atoms with Gasteiger partial charge in [-0.15, -0.1) is 0 Å². The molecule has 11 nitrogen and oxygen atoms in total. The van der Waals surface area contributed by atoms with Gasteiger partial charge in [0.1, 0.15) is 6.04 Å². The van der Waals surface area contributed by atoms with Crippen LogP contribution in [0.5, 0.6) is 0 Å². The van der Waals surface area contributed by atoms with Crippen LogP contribution in [0.2, 0.25) is 0 Å². The summed E-state index contributed by atoms with van der Waals surface area (Å²) in [6, 6.07) is 25.1. The Bertz CT molecular complexity index is 1560. The lowest BCUT2D eigenvalue weighted by Crippen LogP contribution is -2.43. The molecule has 3 aromatic rings. The van der Waals surface area contributed by atoms with Gasteiger partial charge in [0.15, 0.2) is 0 Å². The molecule has 3 aromatic carbocycles. The number of nitrogens with two attached hydrogens (primary N) is 1. The van der Waals surface area contributed by atoms with Crippen LogP contribution in [-0.2, 0) is 19.1 Å². The van der Waals surface area contributed by atoms with E-state index in [1.165, 1.54) is 42.5 Å². The number of hydrogen-bond acceptors (Lipinski definition) is 7. The summed E-state index contributed by atoms with van der Waals surface area (Å²) in [5, 5.41) is 8.86. The molecule has 2 saturated carbocycles. The largest absolute Gasteiger partial charge is 0.468 e. The number of hydrogen-bond donors (Lipinski definition) is 4. The minimum absolute atomic E-state index is 0.00915. The first-order valence-corrected chi connectivity index (χ1v) is 15.9. The minimum Gasteiger partial charge on any atom is -0.468 e. The van der Waals surface area contributed by atoms with Crippen LogP contribution in [0.25, 0.3) is 0 Å². The number of carbonyl (C=O) groups is 5.